The molecule has 0 aliphatic carbocycles. The quantitative estimate of drug-likeness (QED) is 0.793. The van der Waals surface area contributed by atoms with Crippen LogP contribution in [0.1, 0.15) is 19.8 Å². The van der Waals surface area contributed by atoms with Crippen molar-refractivity contribution < 1.29 is 13.2 Å². The predicted octanol–water partition coefficient (Wildman–Crippen LogP) is 0.196. The van der Waals surface area contributed by atoms with Gasteiger partial charge < -0.3 is 10.5 Å². The van der Waals surface area contributed by atoms with Crippen molar-refractivity contribution in [2.24, 2.45) is 5.73 Å². The second-order valence-corrected chi connectivity index (χ2v) is 6.26. The minimum atomic E-state index is -3.25. The maximum atomic E-state index is 12.1. The summed E-state index contributed by atoms with van der Waals surface area (Å²) in [6, 6.07) is -0.156. The molecule has 98 valence electrons. The molecule has 0 aromatic heterocycles. The third-order valence-corrected chi connectivity index (χ3v) is 5.28. The van der Waals surface area contributed by atoms with Crippen LogP contribution in [-0.2, 0) is 14.8 Å². The third kappa shape index (κ3) is 3.56. The highest BCUT2D eigenvalue weighted by Gasteiger charge is 2.33. The first-order valence-corrected chi connectivity index (χ1v) is 6.75. The minimum absolute atomic E-state index is 0. The van der Waals surface area contributed by atoms with Crippen molar-refractivity contribution in [3.63, 3.8) is 0 Å². The second-order valence-electron chi connectivity index (χ2n) is 3.99. The van der Waals surface area contributed by atoms with Gasteiger partial charge in [-0.1, -0.05) is 0 Å². The number of ether oxygens (including phenoxy) is 1. The molecule has 16 heavy (non-hydrogen) atoms. The van der Waals surface area contributed by atoms with Crippen LogP contribution in [0.25, 0.3) is 0 Å². The van der Waals surface area contributed by atoms with Gasteiger partial charge in [-0.2, -0.15) is 0 Å². The average molecular weight is 273 g/mol. The van der Waals surface area contributed by atoms with Crippen LogP contribution in [0, 0.1) is 0 Å². The minimum Gasteiger partial charge on any atom is -0.380 e. The molecule has 1 aliphatic rings. The van der Waals surface area contributed by atoms with E-state index in [0.29, 0.717) is 26.2 Å². The Kier molecular flexibility index (Phi) is 6.81. The van der Waals surface area contributed by atoms with Gasteiger partial charge in [-0.25, -0.2) is 12.7 Å². The molecule has 5 nitrogen and oxygen atoms in total. The fraction of sp³-hybridized carbons (Fsp3) is 1.00. The highest BCUT2D eigenvalue weighted by Crippen LogP contribution is 2.18. The van der Waals surface area contributed by atoms with E-state index in [0.717, 1.165) is 6.42 Å². The highest BCUT2D eigenvalue weighted by atomic mass is 35.5. The predicted molar refractivity (Wildman–Crippen MR) is 66.3 cm³/mol. The number of nitrogens with zero attached hydrogens (tertiary/aromatic N) is 1. The molecule has 1 aliphatic heterocycles. The summed E-state index contributed by atoms with van der Waals surface area (Å²) in [6.07, 6.45) is 1.50. The summed E-state index contributed by atoms with van der Waals surface area (Å²) in [6.45, 7) is 3.12. The second kappa shape index (κ2) is 6.76. The van der Waals surface area contributed by atoms with Gasteiger partial charge >= 0.3 is 0 Å². The molecule has 0 radical (unpaired) electrons. The molecular weight excluding hydrogens is 252 g/mol. The Morgan fingerprint density at radius 2 is 2.19 bits per heavy atom. The van der Waals surface area contributed by atoms with Crippen molar-refractivity contribution >= 4 is 22.4 Å². The summed E-state index contributed by atoms with van der Waals surface area (Å²) in [4.78, 5) is 0. The number of rotatable bonds is 4. The number of nitrogens with two attached hydrogens (primary N) is 1. The van der Waals surface area contributed by atoms with Crippen LogP contribution in [0.2, 0.25) is 0 Å². The van der Waals surface area contributed by atoms with Gasteiger partial charge in [-0.15, -0.1) is 12.4 Å². The van der Waals surface area contributed by atoms with Crippen molar-refractivity contribution in [1.29, 1.82) is 0 Å². The van der Waals surface area contributed by atoms with Crippen LogP contribution in [-0.4, -0.2) is 50.8 Å². The lowest BCUT2D eigenvalue weighted by Gasteiger charge is -2.30. The van der Waals surface area contributed by atoms with E-state index in [2.05, 4.69) is 0 Å². The molecule has 0 bridgehead atoms. The van der Waals surface area contributed by atoms with Crippen LogP contribution in [0.3, 0.4) is 0 Å². The van der Waals surface area contributed by atoms with Gasteiger partial charge in [0, 0.05) is 26.2 Å². The smallest absolute Gasteiger partial charge is 0.219 e. The lowest BCUT2D eigenvalue weighted by Crippen LogP contribution is -2.46. The standard InChI is InChI=1S/C9H20N2O3S.ClH/c1-8(6-10)11(2)15(12,13)9-4-3-5-14-7-9;/h8-9H,3-7,10H2,1-2H3;1H. The molecule has 2 atom stereocenters. The van der Waals surface area contributed by atoms with E-state index in [1.807, 2.05) is 0 Å². The van der Waals surface area contributed by atoms with Gasteiger partial charge in [0.2, 0.25) is 10.0 Å². The van der Waals surface area contributed by atoms with Crippen LogP contribution in [0.5, 0.6) is 0 Å². The van der Waals surface area contributed by atoms with Crippen LogP contribution < -0.4 is 5.73 Å². The molecule has 2 N–H and O–H groups in total. The fourth-order valence-corrected chi connectivity index (χ4v) is 3.37. The monoisotopic (exact) mass is 272 g/mol. The first-order valence-electron chi connectivity index (χ1n) is 5.24. The van der Waals surface area contributed by atoms with Crippen molar-refractivity contribution in [2.45, 2.75) is 31.1 Å². The number of sulfonamides is 1. The number of hydrogen-bond donors (Lipinski definition) is 1. The lowest BCUT2D eigenvalue weighted by atomic mass is 10.2. The van der Waals surface area contributed by atoms with E-state index < -0.39 is 15.3 Å². The van der Waals surface area contributed by atoms with Gasteiger partial charge in [-0.3, -0.25) is 0 Å². The molecule has 7 heteroatoms. The zero-order valence-electron chi connectivity index (χ0n) is 9.76. The van der Waals surface area contributed by atoms with Gasteiger partial charge in [0.25, 0.3) is 0 Å². The molecular formula is C9H21ClN2O3S. The van der Waals surface area contributed by atoms with E-state index in [-0.39, 0.29) is 18.4 Å². The topological polar surface area (TPSA) is 72.6 Å². The van der Waals surface area contributed by atoms with Gasteiger partial charge in [-0.05, 0) is 19.8 Å². The van der Waals surface area contributed by atoms with E-state index in [4.69, 9.17) is 10.5 Å². The van der Waals surface area contributed by atoms with Crippen molar-refractivity contribution in [3.8, 4) is 0 Å². The molecule has 1 heterocycles. The van der Waals surface area contributed by atoms with Crippen LogP contribution in [0.15, 0.2) is 0 Å². The van der Waals surface area contributed by atoms with Crippen molar-refractivity contribution in [2.75, 3.05) is 26.8 Å². The Bertz CT molecular complexity index is 283. The Balaban J connectivity index is 0.00000225. The Morgan fingerprint density at radius 1 is 1.56 bits per heavy atom. The zero-order valence-corrected chi connectivity index (χ0v) is 11.4. The molecule has 0 amide bonds. The summed E-state index contributed by atoms with van der Waals surface area (Å²) in [7, 11) is -1.66. The summed E-state index contributed by atoms with van der Waals surface area (Å²) in [5.74, 6) is 0. The van der Waals surface area contributed by atoms with Crippen molar-refractivity contribution in [3.05, 3.63) is 0 Å². The van der Waals surface area contributed by atoms with E-state index in [1.165, 1.54) is 4.31 Å². The van der Waals surface area contributed by atoms with Crippen LogP contribution in [0.4, 0.5) is 0 Å². The van der Waals surface area contributed by atoms with Gasteiger partial charge in [0.05, 0.1) is 11.9 Å². The maximum absolute atomic E-state index is 12.1. The highest BCUT2D eigenvalue weighted by molar-refractivity contribution is 7.89. The molecule has 1 rings (SSSR count). The van der Waals surface area contributed by atoms with E-state index in [9.17, 15) is 8.42 Å². The van der Waals surface area contributed by atoms with E-state index >= 15 is 0 Å². The normalized spacial score (nSPS) is 23.9. The van der Waals surface area contributed by atoms with Crippen LogP contribution >= 0.6 is 12.4 Å². The molecule has 1 saturated heterocycles. The molecule has 2 unspecified atom stereocenters. The fourth-order valence-electron chi connectivity index (χ4n) is 1.58. The lowest BCUT2D eigenvalue weighted by molar-refractivity contribution is 0.0974. The number of likely N-dealkylation sites (N-methyl/N-ethyl adjacent to an activating group) is 1. The molecule has 0 aromatic rings. The average Bonchev–Trinajstić information content (AvgIpc) is 2.28. The summed E-state index contributed by atoms with van der Waals surface area (Å²) in [5, 5.41) is -0.398. The molecule has 0 spiro atoms. The zero-order chi connectivity index (χ0) is 11.5. The summed E-state index contributed by atoms with van der Waals surface area (Å²) < 4.78 is 30.7. The summed E-state index contributed by atoms with van der Waals surface area (Å²) >= 11 is 0. The Hall–Kier alpha value is 0.120. The summed E-state index contributed by atoms with van der Waals surface area (Å²) in [5.41, 5.74) is 5.46. The molecule has 1 fully saturated rings. The molecule has 0 aromatic carbocycles. The Morgan fingerprint density at radius 3 is 2.62 bits per heavy atom. The largest absolute Gasteiger partial charge is 0.380 e. The Labute approximate surface area is 104 Å². The first kappa shape index (κ1) is 16.1. The first-order chi connectivity index (χ1) is 7.00. The molecule has 0 saturated carbocycles. The number of hydrogen-bond acceptors (Lipinski definition) is 4. The SMILES string of the molecule is CC(CN)N(C)S(=O)(=O)C1CCCOC1.Cl. The van der Waals surface area contributed by atoms with Crippen molar-refractivity contribution in [1.82, 2.24) is 4.31 Å². The van der Waals surface area contributed by atoms with Gasteiger partial charge in [0.15, 0.2) is 0 Å². The third-order valence-electron chi connectivity index (χ3n) is 2.90. The maximum Gasteiger partial charge on any atom is 0.219 e. The van der Waals surface area contributed by atoms with E-state index in [1.54, 1.807) is 14.0 Å². The number of halogens is 1. The van der Waals surface area contributed by atoms with Gasteiger partial charge in [0.1, 0.15) is 0 Å².